The lowest BCUT2D eigenvalue weighted by Crippen LogP contribution is -2.31. The van der Waals surface area contributed by atoms with Crippen molar-refractivity contribution in [3.63, 3.8) is 0 Å². The van der Waals surface area contributed by atoms with Gasteiger partial charge in [0.15, 0.2) is 0 Å². The second-order valence-electron chi connectivity index (χ2n) is 5.29. The summed E-state index contributed by atoms with van der Waals surface area (Å²) < 4.78 is 5.19. The Bertz CT molecular complexity index is 364. The Labute approximate surface area is 116 Å². The topological polar surface area (TPSA) is 24.5 Å². The van der Waals surface area contributed by atoms with E-state index in [0.717, 1.165) is 25.3 Å². The summed E-state index contributed by atoms with van der Waals surface area (Å²) in [4.78, 5) is 2.58. The molecule has 3 heteroatoms. The van der Waals surface area contributed by atoms with E-state index in [-0.39, 0.29) is 0 Å². The minimum atomic E-state index is 0.714. The maximum absolute atomic E-state index is 5.19. The van der Waals surface area contributed by atoms with Crippen LogP contribution in [0.4, 0.5) is 0 Å². The lowest BCUT2D eigenvalue weighted by molar-refractivity contribution is 0.293. The first-order valence-electron chi connectivity index (χ1n) is 7.40. The number of methoxy groups -OCH3 is 1. The molecule has 1 fully saturated rings. The summed E-state index contributed by atoms with van der Waals surface area (Å²) in [5.74, 6) is 0.938. The first-order valence-corrected chi connectivity index (χ1v) is 7.40. The monoisotopic (exact) mass is 262 g/mol. The summed E-state index contributed by atoms with van der Waals surface area (Å²) >= 11 is 0. The molecule has 1 aromatic rings. The van der Waals surface area contributed by atoms with E-state index in [4.69, 9.17) is 4.74 Å². The number of nitrogens with zero attached hydrogens (tertiary/aromatic N) is 1. The molecule has 1 aliphatic heterocycles. The van der Waals surface area contributed by atoms with Crippen molar-refractivity contribution < 1.29 is 4.74 Å². The van der Waals surface area contributed by atoms with Crippen LogP contribution in [0.2, 0.25) is 0 Å². The van der Waals surface area contributed by atoms with Crippen LogP contribution in [-0.4, -0.2) is 44.2 Å². The van der Waals surface area contributed by atoms with Crippen molar-refractivity contribution in [1.29, 1.82) is 0 Å². The minimum absolute atomic E-state index is 0.714. The van der Waals surface area contributed by atoms with E-state index in [0.29, 0.717) is 6.04 Å². The van der Waals surface area contributed by atoms with Crippen LogP contribution in [0.1, 0.15) is 25.3 Å². The van der Waals surface area contributed by atoms with Gasteiger partial charge in [0.1, 0.15) is 5.75 Å². The zero-order valence-electron chi connectivity index (χ0n) is 12.2. The molecule has 0 aliphatic carbocycles. The van der Waals surface area contributed by atoms with Crippen LogP contribution in [0.3, 0.4) is 0 Å². The van der Waals surface area contributed by atoms with Gasteiger partial charge in [-0.25, -0.2) is 0 Å². The second-order valence-corrected chi connectivity index (χ2v) is 5.29. The van der Waals surface area contributed by atoms with E-state index in [9.17, 15) is 0 Å². The summed E-state index contributed by atoms with van der Waals surface area (Å²) in [5, 5.41) is 3.62. The van der Waals surface area contributed by atoms with Gasteiger partial charge in [0.25, 0.3) is 0 Å². The van der Waals surface area contributed by atoms with Gasteiger partial charge in [0.2, 0.25) is 0 Å². The Morgan fingerprint density at radius 3 is 2.74 bits per heavy atom. The summed E-state index contributed by atoms with van der Waals surface area (Å²) in [5.41, 5.74) is 1.39. The van der Waals surface area contributed by atoms with Crippen molar-refractivity contribution in [3.8, 4) is 5.75 Å². The number of ether oxygens (including phenoxy) is 1. The fraction of sp³-hybridized carbons (Fsp3) is 0.625. The van der Waals surface area contributed by atoms with Crippen molar-refractivity contribution >= 4 is 0 Å². The Kier molecular flexibility index (Phi) is 5.67. The molecule has 1 aromatic carbocycles. The third kappa shape index (κ3) is 4.51. The zero-order valence-corrected chi connectivity index (χ0v) is 12.2. The lowest BCUT2D eigenvalue weighted by atomic mass is 10.1. The van der Waals surface area contributed by atoms with Crippen LogP contribution >= 0.6 is 0 Å². The Morgan fingerprint density at radius 1 is 1.26 bits per heavy atom. The van der Waals surface area contributed by atoms with E-state index < -0.39 is 0 Å². The highest BCUT2D eigenvalue weighted by molar-refractivity contribution is 5.27. The van der Waals surface area contributed by atoms with Gasteiger partial charge in [-0.3, -0.25) is 0 Å². The van der Waals surface area contributed by atoms with Crippen LogP contribution in [-0.2, 0) is 6.42 Å². The van der Waals surface area contributed by atoms with E-state index in [1.807, 2.05) is 12.1 Å². The number of hydrogen-bond donors (Lipinski definition) is 1. The van der Waals surface area contributed by atoms with Gasteiger partial charge in [-0.05, 0) is 43.5 Å². The predicted octanol–water partition coefficient (Wildman–Crippen LogP) is 2.31. The number of nitrogens with one attached hydrogen (secondary N) is 1. The SMILES string of the molecule is CCC1CCN(CCc2ccc(OC)cc2)CCN1. The second kappa shape index (κ2) is 7.51. The van der Waals surface area contributed by atoms with Crippen LogP contribution in [0, 0.1) is 0 Å². The van der Waals surface area contributed by atoms with Crippen molar-refractivity contribution in [3.05, 3.63) is 29.8 Å². The Balaban J connectivity index is 1.77. The highest BCUT2D eigenvalue weighted by Crippen LogP contribution is 2.12. The Morgan fingerprint density at radius 2 is 2.05 bits per heavy atom. The number of rotatable bonds is 5. The molecule has 1 aliphatic rings. The smallest absolute Gasteiger partial charge is 0.118 e. The summed E-state index contributed by atoms with van der Waals surface area (Å²) in [6, 6.07) is 9.15. The molecule has 0 amide bonds. The fourth-order valence-electron chi connectivity index (χ4n) is 2.63. The first-order chi connectivity index (χ1) is 9.31. The van der Waals surface area contributed by atoms with Gasteiger partial charge in [-0.2, -0.15) is 0 Å². The van der Waals surface area contributed by atoms with Crippen molar-refractivity contribution in [1.82, 2.24) is 10.2 Å². The van der Waals surface area contributed by atoms with E-state index >= 15 is 0 Å². The fourth-order valence-corrected chi connectivity index (χ4v) is 2.63. The molecule has 19 heavy (non-hydrogen) atoms. The zero-order chi connectivity index (χ0) is 13.5. The van der Waals surface area contributed by atoms with Crippen LogP contribution in [0.5, 0.6) is 5.75 Å². The number of benzene rings is 1. The van der Waals surface area contributed by atoms with Crippen LogP contribution < -0.4 is 10.1 Å². The molecule has 0 bridgehead atoms. The molecule has 3 nitrogen and oxygen atoms in total. The lowest BCUT2D eigenvalue weighted by Gasteiger charge is -2.19. The number of hydrogen-bond acceptors (Lipinski definition) is 3. The van der Waals surface area contributed by atoms with Crippen LogP contribution in [0.25, 0.3) is 0 Å². The quantitative estimate of drug-likeness (QED) is 0.881. The van der Waals surface area contributed by atoms with Gasteiger partial charge in [0.05, 0.1) is 7.11 Å². The van der Waals surface area contributed by atoms with Gasteiger partial charge in [-0.15, -0.1) is 0 Å². The molecule has 0 spiro atoms. The largest absolute Gasteiger partial charge is 0.497 e. The normalized spacial score (nSPS) is 21.1. The van der Waals surface area contributed by atoms with Gasteiger partial charge in [-0.1, -0.05) is 19.1 Å². The van der Waals surface area contributed by atoms with Crippen molar-refractivity contribution in [2.75, 3.05) is 33.3 Å². The minimum Gasteiger partial charge on any atom is -0.497 e. The molecular formula is C16H26N2O. The standard InChI is InChI=1S/C16H26N2O/c1-3-15-9-12-18(13-10-17-15)11-8-14-4-6-16(19-2)7-5-14/h4-7,15,17H,3,8-13H2,1-2H3. The summed E-state index contributed by atoms with van der Waals surface area (Å²) in [6.45, 7) is 6.95. The molecule has 106 valence electrons. The predicted molar refractivity (Wildman–Crippen MR) is 79.8 cm³/mol. The summed E-state index contributed by atoms with van der Waals surface area (Å²) in [6.07, 6.45) is 3.65. The molecule has 1 saturated heterocycles. The first kappa shape index (κ1) is 14.4. The summed E-state index contributed by atoms with van der Waals surface area (Å²) in [7, 11) is 1.71. The van der Waals surface area contributed by atoms with Gasteiger partial charge < -0.3 is 15.0 Å². The molecule has 0 radical (unpaired) electrons. The molecule has 1 unspecified atom stereocenters. The highest BCUT2D eigenvalue weighted by atomic mass is 16.5. The molecule has 1 atom stereocenters. The molecule has 2 rings (SSSR count). The molecular weight excluding hydrogens is 236 g/mol. The van der Waals surface area contributed by atoms with Crippen molar-refractivity contribution in [2.24, 2.45) is 0 Å². The third-order valence-corrected chi connectivity index (χ3v) is 4.02. The highest BCUT2D eigenvalue weighted by Gasteiger charge is 2.14. The van der Waals surface area contributed by atoms with E-state index in [1.54, 1.807) is 7.11 Å². The maximum Gasteiger partial charge on any atom is 0.118 e. The third-order valence-electron chi connectivity index (χ3n) is 4.02. The van der Waals surface area contributed by atoms with Crippen LogP contribution in [0.15, 0.2) is 24.3 Å². The van der Waals surface area contributed by atoms with E-state index in [1.165, 1.54) is 31.5 Å². The van der Waals surface area contributed by atoms with Gasteiger partial charge in [0, 0.05) is 25.7 Å². The average molecular weight is 262 g/mol. The van der Waals surface area contributed by atoms with Gasteiger partial charge >= 0.3 is 0 Å². The molecule has 0 saturated carbocycles. The molecule has 0 aromatic heterocycles. The average Bonchev–Trinajstić information content (AvgIpc) is 2.70. The maximum atomic E-state index is 5.19. The molecule has 1 N–H and O–H groups in total. The molecule has 1 heterocycles. The van der Waals surface area contributed by atoms with E-state index in [2.05, 4.69) is 29.3 Å². The Hall–Kier alpha value is -1.06. The van der Waals surface area contributed by atoms with Crippen molar-refractivity contribution in [2.45, 2.75) is 32.2 Å².